The largest absolute Gasteiger partial charge is 0.487 e. The van der Waals surface area contributed by atoms with Gasteiger partial charge in [-0.15, -0.1) is 0 Å². The predicted molar refractivity (Wildman–Crippen MR) is 133 cm³/mol. The van der Waals surface area contributed by atoms with Crippen LogP contribution in [0.4, 0.5) is 5.69 Å². The summed E-state index contributed by atoms with van der Waals surface area (Å²) in [5, 5.41) is 3.63. The zero-order valence-electron chi connectivity index (χ0n) is 19.7. The number of rotatable bonds is 9. The van der Waals surface area contributed by atoms with Crippen molar-refractivity contribution in [1.29, 1.82) is 0 Å². The molecule has 1 aliphatic rings. The summed E-state index contributed by atoms with van der Waals surface area (Å²) >= 11 is 6.10. The number of hydrogen-bond acceptors (Lipinski definition) is 4. The smallest absolute Gasteiger partial charge is 0.232 e. The van der Waals surface area contributed by atoms with Crippen LogP contribution in [0.1, 0.15) is 63.1 Å². The minimum Gasteiger partial charge on any atom is -0.487 e. The van der Waals surface area contributed by atoms with E-state index in [1.54, 1.807) is 18.2 Å². The van der Waals surface area contributed by atoms with E-state index >= 15 is 0 Å². The monoisotopic (exact) mass is 492 g/mol. The molecule has 8 heteroatoms. The van der Waals surface area contributed by atoms with Crippen LogP contribution in [0.3, 0.4) is 0 Å². The summed E-state index contributed by atoms with van der Waals surface area (Å²) in [6.45, 7) is 6.25. The van der Waals surface area contributed by atoms with Crippen LogP contribution in [0.5, 0.6) is 5.75 Å². The molecule has 3 rings (SSSR count). The fourth-order valence-corrected chi connectivity index (χ4v) is 5.58. The molecule has 1 amide bonds. The summed E-state index contributed by atoms with van der Waals surface area (Å²) in [6, 6.07) is 12.9. The van der Waals surface area contributed by atoms with Gasteiger partial charge in [-0.3, -0.25) is 9.10 Å². The molecule has 0 saturated carbocycles. The lowest BCUT2D eigenvalue weighted by molar-refractivity contribution is -0.122. The molecule has 180 valence electrons. The third kappa shape index (κ3) is 6.01. The quantitative estimate of drug-likeness (QED) is 0.509. The summed E-state index contributed by atoms with van der Waals surface area (Å²) in [5.74, 6) is 0.714. The highest BCUT2D eigenvalue weighted by molar-refractivity contribution is 7.92. The zero-order valence-corrected chi connectivity index (χ0v) is 21.3. The Bertz CT molecular complexity index is 1100. The molecule has 0 saturated heterocycles. The van der Waals surface area contributed by atoms with Gasteiger partial charge in [0.15, 0.2) is 0 Å². The standard InChI is InChI=1S/C25H33ClN2O4S/c1-5-25(6-2)17-21(20-10-7-8-11-23(20)32-25)27-24(29)12-9-15-28(33(4,30)31)22-16-19(26)14-13-18(22)3/h7-8,10-11,13-14,16,21H,5-6,9,12,15,17H2,1-4H3,(H,27,29)/t21-/m0/s1. The van der Waals surface area contributed by atoms with E-state index in [4.69, 9.17) is 16.3 Å². The Morgan fingerprint density at radius 2 is 1.91 bits per heavy atom. The topological polar surface area (TPSA) is 75.7 Å². The van der Waals surface area contributed by atoms with Crippen LogP contribution in [0.25, 0.3) is 0 Å². The molecule has 1 N–H and O–H groups in total. The van der Waals surface area contributed by atoms with Gasteiger partial charge in [0.1, 0.15) is 11.4 Å². The predicted octanol–water partition coefficient (Wildman–Crippen LogP) is 5.39. The summed E-state index contributed by atoms with van der Waals surface area (Å²) in [6.07, 6.45) is 4.19. The van der Waals surface area contributed by atoms with Crippen LogP contribution in [0.15, 0.2) is 42.5 Å². The van der Waals surface area contributed by atoms with Crippen molar-refractivity contribution in [3.05, 3.63) is 58.6 Å². The molecule has 0 aliphatic carbocycles. The van der Waals surface area contributed by atoms with Crippen molar-refractivity contribution in [3.8, 4) is 5.75 Å². The fraction of sp³-hybridized carbons (Fsp3) is 0.480. The number of hydrogen-bond donors (Lipinski definition) is 1. The SMILES string of the molecule is CCC1(CC)C[C@H](NC(=O)CCCN(c2cc(Cl)ccc2C)S(C)(=O)=O)c2ccccc2O1. The third-order valence-electron chi connectivity index (χ3n) is 6.43. The number of anilines is 1. The Morgan fingerprint density at radius 1 is 1.21 bits per heavy atom. The summed E-state index contributed by atoms with van der Waals surface area (Å²) in [4.78, 5) is 12.9. The minimum absolute atomic E-state index is 0.103. The second-order valence-corrected chi connectivity index (χ2v) is 11.1. The van der Waals surface area contributed by atoms with Crippen molar-refractivity contribution in [1.82, 2.24) is 5.32 Å². The summed E-state index contributed by atoms with van der Waals surface area (Å²) in [5.41, 5.74) is 2.03. The van der Waals surface area contributed by atoms with Gasteiger partial charge in [-0.2, -0.15) is 0 Å². The highest BCUT2D eigenvalue weighted by Crippen LogP contribution is 2.42. The molecule has 2 aromatic carbocycles. The number of aryl methyl sites for hydroxylation is 1. The highest BCUT2D eigenvalue weighted by Gasteiger charge is 2.38. The van der Waals surface area contributed by atoms with Gasteiger partial charge in [-0.25, -0.2) is 8.42 Å². The van der Waals surface area contributed by atoms with Gasteiger partial charge in [0.25, 0.3) is 0 Å². The molecule has 1 atom stereocenters. The molecule has 0 bridgehead atoms. The molecule has 0 radical (unpaired) electrons. The van der Waals surface area contributed by atoms with Gasteiger partial charge in [0.05, 0.1) is 18.0 Å². The van der Waals surface area contributed by atoms with E-state index in [1.165, 1.54) is 10.6 Å². The second-order valence-electron chi connectivity index (χ2n) is 8.72. The molecule has 2 aromatic rings. The van der Waals surface area contributed by atoms with Crippen LogP contribution in [-0.2, 0) is 14.8 Å². The van der Waals surface area contributed by atoms with Crippen molar-refractivity contribution < 1.29 is 17.9 Å². The van der Waals surface area contributed by atoms with E-state index in [9.17, 15) is 13.2 Å². The average molecular weight is 493 g/mol. The zero-order chi connectivity index (χ0) is 24.2. The molecule has 0 spiro atoms. The second kappa shape index (κ2) is 10.3. The van der Waals surface area contributed by atoms with Crippen molar-refractivity contribution >= 4 is 33.2 Å². The number of carbonyl (C=O) groups excluding carboxylic acids is 1. The van der Waals surface area contributed by atoms with Gasteiger partial charge < -0.3 is 10.1 Å². The Kier molecular flexibility index (Phi) is 7.96. The highest BCUT2D eigenvalue weighted by atomic mass is 35.5. The van der Waals surface area contributed by atoms with E-state index in [-0.39, 0.29) is 30.5 Å². The number of nitrogens with one attached hydrogen (secondary N) is 1. The van der Waals surface area contributed by atoms with Crippen molar-refractivity contribution in [3.63, 3.8) is 0 Å². The lowest BCUT2D eigenvalue weighted by Crippen LogP contribution is -2.44. The van der Waals surface area contributed by atoms with Gasteiger partial charge in [-0.1, -0.05) is 49.7 Å². The lowest BCUT2D eigenvalue weighted by atomic mass is 9.83. The first-order valence-corrected chi connectivity index (χ1v) is 13.6. The number of sulfonamides is 1. The van der Waals surface area contributed by atoms with E-state index in [1.807, 2.05) is 31.2 Å². The molecule has 0 aromatic heterocycles. The van der Waals surface area contributed by atoms with Gasteiger partial charge in [0.2, 0.25) is 15.9 Å². The first kappa shape index (κ1) is 25.4. The minimum atomic E-state index is -3.52. The number of halogens is 1. The maximum absolute atomic E-state index is 12.9. The maximum atomic E-state index is 12.9. The van der Waals surface area contributed by atoms with Gasteiger partial charge >= 0.3 is 0 Å². The fourth-order valence-electron chi connectivity index (χ4n) is 4.40. The lowest BCUT2D eigenvalue weighted by Gasteiger charge is -2.41. The number of ether oxygens (including phenoxy) is 1. The van der Waals surface area contributed by atoms with Gasteiger partial charge in [0, 0.05) is 30.0 Å². The van der Waals surface area contributed by atoms with Crippen molar-refractivity contribution in [2.24, 2.45) is 0 Å². The first-order chi connectivity index (χ1) is 15.6. The number of benzene rings is 2. The number of fused-ring (bicyclic) bond motifs is 1. The number of nitrogens with zero attached hydrogens (tertiary/aromatic N) is 1. The third-order valence-corrected chi connectivity index (χ3v) is 7.84. The normalized spacial score (nSPS) is 17.1. The number of amides is 1. The first-order valence-electron chi connectivity index (χ1n) is 11.4. The van der Waals surface area contributed by atoms with Crippen LogP contribution < -0.4 is 14.4 Å². The van der Waals surface area contributed by atoms with E-state index in [0.717, 1.165) is 29.7 Å². The van der Waals surface area contributed by atoms with E-state index in [0.29, 0.717) is 23.6 Å². The van der Waals surface area contributed by atoms with Crippen LogP contribution in [-0.4, -0.2) is 32.7 Å². The molecular formula is C25H33ClN2O4S. The molecule has 0 unspecified atom stereocenters. The van der Waals surface area contributed by atoms with E-state index < -0.39 is 10.0 Å². The molecule has 0 fully saturated rings. The summed E-state index contributed by atoms with van der Waals surface area (Å²) < 4.78 is 32.5. The maximum Gasteiger partial charge on any atom is 0.232 e. The Hall–Kier alpha value is -2.25. The van der Waals surface area contributed by atoms with Gasteiger partial charge in [-0.05, 0) is 49.9 Å². The van der Waals surface area contributed by atoms with Crippen LogP contribution in [0.2, 0.25) is 5.02 Å². The van der Waals surface area contributed by atoms with Crippen LogP contribution in [0, 0.1) is 6.92 Å². The molecule has 6 nitrogen and oxygen atoms in total. The molecular weight excluding hydrogens is 460 g/mol. The van der Waals surface area contributed by atoms with Crippen LogP contribution >= 0.6 is 11.6 Å². The number of para-hydroxylation sites is 1. The number of carbonyl (C=O) groups is 1. The summed E-state index contributed by atoms with van der Waals surface area (Å²) in [7, 11) is -3.52. The Labute approximate surface area is 202 Å². The Balaban J connectivity index is 1.69. The van der Waals surface area contributed by atoms with E-state index in [2.05, 4.69) is 19.2 Å². The molecule has 1 aliphatic heterocycles. The van der Waals surface area contributed by atoms with Crippen molar-refractivity contribution in [2.45, 2.75) is 64.5 Å². The molecule has 33 heavy (non-hydrogen) atoms. The van der Waals surface area contributed by atoms with Crippen molar-refractivity contribution in [2.75, 3.05) is 17.1 Å². The average Bonchev–Trinajstić information content (AvgIpc) is 2.77. The molecule has 1 heterocycles. The Morgan fingerprint density at radius 3 is 2.58 bits per heavy atom.